The Bertz CT molecular complexity index is 279. The molecule has 3 nitrogen and oxygen atoms in total. The van der Waals surface area contributed by atoms with Crippen molar-refractivity contribution in [2.24, 2.45) is 23.5 Å². The first-order valence-electron chi connectivity index (χ1n) is 7.17. The molecule has 1 aliphatic heterocycles. The van der Waals surface area contributed by atoms with Gasteiger partial charge in [0.1, 0.15) is 0 Å². The first-order chi connectivity index (χ1) is 8.17. The van der Waals surface area contributed by atoms with Crippen LogP contribution in [0.25, 0.3) is 0 Å². The van der Waals surface area contributed by atoms with Gasteiger partial charge in [0.05, 0.1) is 0 Å². The number of carbonyl (C=O) groups excluding carboxylic acids is 1. The first kappa shape index (κ1) is 12.9. The molecule has 0 aromatic rings. The van der Waals surface area contributed by atoms with E-state index in [1.54, 1.807) is 0 Å². The molecule has 0 spiro atoms. The zero-order chi connectivity index (χ0) is 12.4. The van der Waals surface area contributed by atoms with Crippen LogP contribution in [0.2, 0.25) is 0 Å². The number of rotatable bonds is 3. The second-order valence-corrected chi connectivity index (χ2v) is 5.93. The Morgan fingerprint density at radius 1 is 1.41 bits per heavy atom. The normalized spacial score (nSPS) is 37.7. The molecule has 1 saturated carbocycles. The fourth-order valence-corrected chi connectivity index (χ4v) is 3.67. The number of likely N-dealkylation sites (tertiary alicyclic amines) is 1. The van der Waals surface area contributed by atoms with E-state index in [0.717, 1.165) is 25.8 Å². The van der Waals surface area contributed by atoms with Crippen LogP contribution in [-0.4, -0.2) is 29.9 Å². The minimum atomic E-state index is 0.222. The summed E-state index contributed by atoms with van der Waals surface area (Å²) in [5.41, 5.74) is 5.78. The third-order valence-electron chi connectivity index (χ3n) is 4.66. The topological polar surface area (TPSA) is 46.3 Å². The van der Waals surface area contributed by atoms with E-state index >= 15 is 0 Å². The number of amides is 1. The van der Waals surface area contributed by atoms with Crippen molar-refractivity contribution in [3.05, 3.63) is 0 Å². The Hall–Kier alpha value is -0.570. The highest BCUT2D eigenvalue weighted by Crippen LogP contribution is 2.35. The maximum atomic E-state index is 12.6. The summed E-state index contributed by atoms with van der Waals surface area (Å²) in [6, 6.07) is 0.483. The zero-order valence-electron chi connectivity index (χ0n) is 11.2. The third-order valence-corrected chi connectivity index (χ3v) is 4.66. The van der Waals surface area contributed by atoms with Gasteiger partial charge in [-0.25, -0.2) is 0 Å². The predicted molar refractivity (Wildman–Crippen MR) is 69.5 cm³/mol. The fraction of sp³-hybridized carbons (Fsp3) is 0.929. The molecule has 1 aliphatic carbocycles. The van der Waals surface area contributed by atoms with Gasteiger partial charge in [-0.15, -0.1) is 0 Å². The highest BCUT2D eigenvalue weighted by atomic mass is 16.2. The standard InChI is InChI=1S/C14H26N2O/c1-3-12-7-10(2)9-16(12)14(17)13-6-4-5-11(13)8-15/h10-13H,3-9,15H2,1-2H3/t10?,11-,12?,13-/m1/s1. The Balaban J connectivity index is 2.03. The van der Waals surface area contributed by atoms with Crippen LogP contribution in [0.3, 0.4) is 0 Å². The molecule has 2 unspecified atom stereocenters. The Labute approximate surface area is 105 Å². The lowest BCUT2D eigenvalue weighted by Gasteiger charge is -2.29. The molecule has 0 bridgehead atoms. The van der Waals surface area contributed by atoms with Crippen molar-refractivity contribution in [1.29, 1.82) is 0 Å². The van der Waals surface area contributed by atoms with Crippen molar-refractivity contribution in [3.63, 3.8) is 0 Å². The lowest BCUT2D eigenvalue weighted by molar-refractivity contribution is -0.137. The van der Waals surface area contributed by atoms with E-state index in [1.165, 1.54) is 12.8 Å². The van der Waals surface area contributed by atoms with Crippen LogP contribution in [0, 0.1) is 17.8 Å². The van der Waals surface area contributed by atoms with Gasteiger partial charge in [-0.1, -0.05) is 20.3 Å². The number of nitrogens with zero attached hydrogens (tertiary/aromatic N) is 1. The maximum absolute atomic E-state index is 12.6. The monoisotopic (exact) mass is 238 g/mol. The molecule has 1 amide bonds. The summed E-state index contributed by atoms with van der Waals surface area (Å²) >= 11 is 0. The second-order valence-electron chi connectivity index (χ2n) is 5.93. The Morgan fingerprint density at radius 3 is 2.82 bits per heavy atom. The van der Waals surface area contributed by atoms with Crippen LogP contribution >= 0.6 is 0 Å². The minimum absolute atomic E-state index is 0.222. The van der Waals surface area contributed by atoms with E-state index in [0.29, 0.717) is 30.3 Å². The molecule has 1 saturated heterocycles. The molecule has 2 rings (SSSR count). The summed E-state index contributed by atoms with van der Waals surface area (Å²) in [5.74, 6) is 1.73. The summed E-state index contributed by atoms with van der Waals surface area (Å²) in [5, 5.41) is 0. The van der Waals surface area contributed by atoms with Gasteiger partial charge >= 0.3 is 0 Å². The summed E-state index contributed by atoms with van der Waals surface area (Å²) < 4.78 is 0. The molecule has 0 aromatic carbocycles. The van der Waals surface area contributed by atoms with Crippen molar-refractivity contribution in [2.45, 2.75) is 52.0 Å². The summed E-state index contributed by atoms with van der Waals surface area (Å²) in [6.07, 6.45) is 5.66. The van der Waals surface area contributed by atoms with Gasteiger partial charge in [0.25, 0.3) is 0 Å². The van der Waals surface area contributed by atoms with Crippen LogP contribution in [0.5, 0.6) is 0 Å². The van der Waals surface area contributed by atoms with Gasteiger partial charge in [-0.2, -0.15) is 0 Å². The van der Waals surface area contributed by atoms with Crippen LogP contribution in [0.4, 0.5) is 0 Å². The van der Waals surface area contributed by atoms with Crippen molar-refractivity contribution in [1.82, 2.24) is 4.90 Å². The lowest BCUT2D eigenvalue weighted by atomic mass is 9.94. The molecule has 0 radical (unpaired) electrons. The smallest absolute Gasteiger partial charge is 0.226 e. The SMILES string of the molecule is CCC1CC(C)CN1C(=O)[C@@H]1CCC[C@@H]1CN. The van der Waals surface area contributed by atoms with Crippen molar-refractivity contribution >= 4 is 5.91 Å². The number of hydrogen-bond donors (Lipinski definition) is 1. The van der Waals surface area contributed by atoms with E-state index in [4.69, 9.17) is 5.73 Å². The number of hydrogen-bond acceptors (Lipinski definition) is 2. The van der Waals surface area contributed by atoms with Crippen molar-refractivity contribution < 1.29 is 4.79 Å². The molecule has 98 valence electrons. The first-order valence-corrected chi connectivity index (χ1v) is 7.17. The van der Waals surface area contributed by atoms with Crippen molar-refractivity contribution in [2.75, 3.05) is 13.1 Å². The fourth-order valence-electron chi connectivity index (χ4n) is 3.67. The van der Waals surface area contributed by atoms with Gasteiger partial charge < -0.3 is 10.6 Å². The highest BCUT2D eigenvalue weighted by Gasteiger charge is 2.39. The molecule has 4 atom stereocenters. The van der Waals surface area contributed by atoms with Gasteiger partial charge in [-0.3, -0.25) is 4.79 Å². The van der Waals surface area contributed by atoms with Crippen molar-refractivity contribution in [3.8, 4) is 0 Å². The molecule has 17 heavy (non-hydrogen) atoms. The van der Waals surface area contributed by atoms with E-state index in [1.807, 2.05) is 0 Å². The molecular weight excluding hydrogens is 212 g/mol. The van der Waals surface area contributed by atoms with Crippen LogP contribution in [0.1, 0.15) is 46.0 Å². The van der Waals surface area contributed by atoms with E-state index < -0.39 is 0 Å². The summed E-state index contributed by atoms with van der Waals surface area (Å²) in [4.78, 5) is 14.8. The molecule has 1 heterocycles. The Kier molecular flexibility index (Phi) is 4.08. The van der Waals surface area contributed by atoms with E-state index in [2.05, 4.69) is 18.7 Å². The summed E-state index contributed by atoms with van der Waals surface area (Å²) in [6.45, 7) is 6.09. The molecule has 0 aromatic heterocycles. The number of carbonyl (C=O) groups is 1. The highest BCUT2D eigenvalue weighted by molar-refractivity contribution is 5.80. The van der Waals surface area contributed by atoms with Crippen LogP contribution < -0.4 is 5.73 Å². The lowest BCUT2D eigenvalue weighted by Crippen LogP contribution is -2.41. The third kappa shape index (κ3) is 2.49. The van der Waals surface area contributed by atoms with Crippen LogP contribution in [0.15, 0.2) is 0 Å². The predicted octanol–water partition coefficient (Wildman–Crippen LogP) is 2.01. The molecule has 2 N–H and O–H groups in total. The Morgan fingerprint density at radius 2 is 2.18 bits per heavy atom. The summed E-state index contributed by atoms with van der Waals surface area (Å²) in [7, 11) is 0. The maximum Gasteiger partial charge on any atom is 0.226 e. The largest absolute Gasteiger partial charge is 0.339 e. The van der Waals surface area contributed by atoms with Gasteiger partial charge in [-0.05, 0) is 44.1 Å². The van der Waals surface area contributed by atoms with Gasteiger partial charge in [0.2, 0.25) is 5.91 Å². The van der Waals surface area contributed by atoms with E-state index in [9.17, 15) is 4.79 Å². The zero-order valence-corrected chi connectivity index (χ0v) is 11.2. The number of nitrogens with two attached hydrogens (primary N) is 1. The molecule has 3 heteroatoms. The minimum Gasteiger partial charge on any atom is -0.339 e. The molecule has 2 aliphatic rings. The van der Waals surface area contributed by atoms with E-state index in [-0.39, 0.29) is 5.92 Å². The average Bonchev–Trinajstić information content (AvgIpc) is 2.93. The molecule has 2 fully saturated rings. The van der Waals surface area contributed by atoms with Gasteiger partial charge in [0, 0.05) is 18.5 Å². The molecular formula is C14H26N2O. The average molecular weight is 238 g/mol. The second kappa shape index (κ2) is 5.38. The van der Waals surface area contributed by atoms with Gasteiger partial charge in [0.15, 0.2) is 0 Å². The van der Waals surface area contributed by atoms with Crippen LogP contribution in [-0.2, 0) is 4.79 Å². The quantitative estimate of drug-likeness (QED) is 0.817.